The van der Waals surface area contributed by atoms with Gasteiger partial charge in [-0.15, -0.1) is 5.10 Å². The Bertz CT molecular complexity index is 993. The fraction of sp³-hybridized carbons (Fsp3) is 0.872. The second-order valence-corrected chi connectivity index (χ2v) is 14.0. The van der Waals surface area contributed by atoms with Gasteiger partial charge >= 0.3 is 11.9 Å². The standard InChI is InChI=1S/C37H67N3O7.C2H6/c1-8-10-12-14-16-18-20-22-34(42)45-30-32(47-35(43)23-21-19-17-15-13-11-9-2)29-40-28-31(38-39-40)24-25-33(41)37(5,6)46-27-26-36(3,4)44-7;1-2/h28,32H,8-27,29-30H2,1-7H3;1-2H3. The lowest BCUT2D eigenvalue weighted by Crippen LogP contribution is -2.37. The molecule has 49 heavy (non-hydrogen) atoms. The molecular formula is C39H73N3O7. The highest BCUT2D eigenvalue weighted by atomic mass is 16.6. The molecule has 1 rings (SSSR count). The first-order valence-corrected chi connectivity index (χ1v) is 19.4. The quantitative estimate of drug-likeness (QED) is 0.0573. The van der Waals surface area contributed by atoms with Gasteiger partial charge in [-0.2, -0.15) is 0 Å². The van der Waals surface area contributed by atoms with Crippen molar-refractivity contribution < 1.29 is 33.3 Å². The van der Waals surface area contributed by atoms with E-state index in [-0.39, 0.29) is 42.9 Å². The van der Waals surface area contributed by atoms with Gasteiger partial charge < -0.3 is 18.9 Å². The predicted molar refractivity (Wildman–Crippen MR) is 196 cm³/mol. The van der Waals surface area contributed by atoms with Gasteiger partial charge in [-0.3, -0.25) is 14.4 Å². The maximum Gasteiger partial charge on any atom is 0.306 e. The molecular weight excluding hydrogens is 622 g/mol. The number of ketones is 1. The largest absolute Gasteiger partial charge is 0.462 e. The molecule has 1 heterocycles. The Hall–Kier alpha value is -2.33. The smallest absolute Gasteiger partial charge is 0.306 e. The Morgan fingerprint density at radius 1 is 0.776 bits per heavy atom. The third-order valence-corrected chi connectivity index (χ3v) is 8.67. The monoisotopic (exact) mass is 696 g/mol. The fourth-order valence-electron chi connectivity index (χ4n) is 5.11. The average molecular weight is 696 g/mol. The van der Waals surface area contributed by atoms with Crippen LogP contribution in [0.25, 0.3) is 0 Å². The number of Topliss-reactive ketones (excluding diaryl/α,β-unsaturated/α-hetero) is 1. The predicted octanol–water partition coefficient (Wildman–Crippen LogP) is 9.15. The van der Waals surface area contributed by atoms with Crippen LogP contribution in [0.4, 0.5) is 0 Å². The van der Waals surface area contributed by atoms with Crippen LogP contribution in [0.3, 0.4) is 0 Å². The van der Waals surface area contributed by atoms with Crippen LogP contribution in [0.15, 0.2) is 6.20 Å². The molecule has 286 valence electrons. The van der Waals surface area contributed by atoms with Gasteiger partial charge in [0, 0.05) is 39.0 Å². The number of unbranched alkanes of at least 4 members (excludes halogenated alkanes) is 12. The number of carbonyl (C=O) groups is 3. The minimum Gasteiger partial charge on any atom is -0.462 e. The van der Waals surface area contributed by atoms with Gasteiger partial charge in [0.25, 0.3) is 0 Å². The van der Waals surface area contributed by atoms with Crippen molar-refractivity contribution in [1.82, 2.24) is 15.0 Å². The summed E-state index contributed by atoms with van der Waals surface area (Å²) in [5.41, 5.74) is -0.587. The van der Waals surface area contributed by atoms with Crippen molar-refractivity contribution in [2.45, 2.75) is 201 Å². The highest BCUT2D eigenvalue weighted by Crippen LogP contribution is 2.19. The summed E-state index contributed by atoms with van der Waals surface area (Å²) in [6.45, 7) is 16.5. The summed E-state index contributed by atoms with van der Waals surface area (Å²) in [5, 5.41) is 8.42. The molecule has 0 radical (unpaired) electrons. The molecule has 0 saturated heterocycles. The highest BCUT2D eigenvalue weighted by molar-refractivity contribution is 5.86. The summed E-state index contributed by atoms with van der Waals surface area (Å²) in [6.07, 6.45) is 18.7. The van der Waals surface area contributed by atoms with Gasteiger partial charge in [-0.05, 0) is 47.0 Å². The number of aromatic nitrogens is 3. The van der Waals surface area contributed by atoms with Crippen LogP contribution in [0.1, 0.15) is 177 Å². The number of hydrogen-bond donors (Lipinski definition) is 0. The number of methoxy groups -OCH3 is 1. The number of esters is 2. The van der Waals surface area contributed by atoms with E-state index in [9.17, 15) is 14.4 Å². The number of aryl methyl sites for hydroxylation is 1. The number of ether oxygens (including phenoxy) is 4. The topological polar surface area (TPSA) is 119 Å². The zero-order valence-electron chi connectivity index (χ0n) is 32.9. The van der Waals surface area contributed by atoms with Crippen LogP contribution >= 0.6 is 0 Å². The van der Waals surface area contributed by atoms with Gasteiger partial charge in [0.15, 0.2) is 11.9 Å². The molecule has 0 N–H and O–H groups in total. The normalized spacial score (nSPS) is 12.3. The van der Waals surface area contributed by atoms with Gasteiger partial charge in [0.2, 0.25) is 0 Å². The highest BCUT2D eigenvalue weighted by Gasteiger charge is 2.29. The van der Waals surface area contributed by atoms with E-state index in [1.54, 1.807) is 31.8 Å². The van der Waals surface area contributed by atoms with Crippen molar-refractivity contribution in [2.75, 3.05) is 20.3 Å². The minimum absolute atomic E-state index is 0.0210. The Morgan fingerprint density at radius 3 is 1.86 bits per heavy atom. The Balaban J connectivity index is 0.0000113. The zero-order chi connectivity index (χ0) is 37.0. The van der Waals surface area contributed by atoms with Crippen LogP contribution in [-0.4, -0.2) is 70.3 Å². The summed E-state index contributed by atoms with van der Waals surface area (Å²) >= 11 is 0. The fourth-order valence-corrected chi connectivity index (χ4v) is 5.11. The SMILES string of the molecule is CC.CCCCCCCCCC(=O)OCC(Cn1cc(CCC(=O)C(C)(C)OCCC(C)(C)OC)nn1)OC(=O)CCCCCCCCC. The third-order valence-electron chi connectivity index (χ3n) is 8.67. The minimum atomic E-state index is -0.923. The van der Waals surface area contributed by atoms with Crippen molar-refractivity contribution in [3.8, 4) is 0 Å². The van der Waals surface area contributed by atoms with E-state index in [0.29, 0.717) is 38.0 Å². The molecule has 1 aromatic rings. The molecule has 0 saturated carbocycles. The second-order valence-electron chi connectivity index (χ2n) is 14.0. The zero-order valence-corrected chi connectivity index (χ0v) is 32.9. The molecule has 0 spiro atoms. The Kier molecular flexibility index (Phi) is 27.0. The molecule has 0 aliphatic rings. The molecule has 1 unspecified atom stereocenters. The number of nitrogens with zero attached hydrogens (tertiary/aromatic N) is 3. The second kappa shape index (κ2) is 28.4. The molecule has 1 aromatic heterocycles. The van der Waals surface area contributed by atoms with E-state index in [0.717, 1.165) is 38.5 Å². The van der Waals surface area contributed by atoms with E-state index in [1.165, 1.54) is 51.4 Å². The summed E-state index contributed by atoms with van der Waals surface area (Å²) in [7, 11) is 1.66. The summed E-state index contributed by atoms with van der Waals surface area (Å²) in [6, 6.07) is 0. The van der Waals surface area contributed by atoms with Crippen molar-refractivity contribution in [3.63, 3.8) is 0 Å². The van der Waals surface area contributed by atoms with Gasteiger partial charge in [-0.25, -0.2) is 4.68 Å². The lowest BCUT2D eigenvalue weighted by Gasteiger charge is -2.27. The van der Waals surface area contributed by atoms with Crippen LogP contribution in [0.2, 0.25) is 0 Å². The van der Waals surface area contributed by atoms with Crippen LogP contribution in [-0.2, 0) is 46.3 Å². The maximum atomic E-state index is 12.9. The van der Waals surface area contributed by atoms with Crippen LogP contribution < -0.4 is 0 Å². The molecule has 0 aliphatic carbocycles. The van der Waals surface area contributed by atoms with E-state index in [1.807, 2.05) is 27.7 Å². The maximum absolute atomic E-state index is 12.9. The lowest BCUT2D eigenvalue weighted by molar-refractivity contribution is -0.160. The van der Waals surface area contributed by atoms with Crippen molar-refractivity contribution in [2.24, 2.45) is 0 Å². The first-order valence-electron chi connectivity index (χ1n) is 19.4. The van der Waals surface area contributed by atoms with Crippen LogP contribution in [0.5, 0.6) is 0 Å². The number of carbonyl (C=O) groups excluding carboxylic acids is 3. The molecule has 0 fully saturated rings. The molecule has 10 nitrogen and oxygen atoms in total. The molecule has 0 bridgehead atoms. The van der Waals surface area contributed by atoms with E-state index in [2.05, 4.69) is 24.2 Å². The molecule has 1 atom stereocenters. The van der Waals surface area contributed by atoms with Gasteiger partial charge in [0.05, 0.1) is 24.4 Å². The third kappa shape index (κ3) is 24.5. The number of hydrogen-bond acceptors (Lipinski definition) is 9. The Morgan fingerprint density at radius 2 is 1.31 bits per heavy atom. The van der Waals surface area contributed by atoms with Gasteiger partial charge in [-0.1, -0.05) is 110 Å². The summed E-state index contributed by atoms with van der Waals surface area (Å²) < 4.78 is 24.2. The van der Waals surface area contributed by atoms with E-state index in [4.69, 9.17) is 18.9 Å². The summed E-state index contributed by atoms with van der Waals surface area (Å²) in [4.78, 5) is 38.1. The summed E-state index contributed by atoms with van der Waals surface area (Å²) in [5.74, 6) is -0.596. The van der Waals surface area contributed by atoms with E-state index >= 15 is 0 Å². The molecule has 0 aromatic carbocycles. The van der Waals surface area contributed by atoms with Gasteiger partial charge in [0.1, 0.15) is 12.2 Å². The average Bonchev–Trinajstić information content (AvgIpc) is 3.53. The molecule has 0 amide bonds. The van der Waals surface area contributed by atoms with Crippen LogP contribution in [0, 0.1) is 0 Å². The van der Waals surface area contributed by atoms with Crippen molar-refractivity contribution in [3.05, 3.63) is 11.9 Å². The first-order chi connectivity index (χ1) is 23.4. The van der Waals surface area contributed by atoms with E-state index < -0.39 is 11.7 Å². The molecule has 0 aliphatic heterocycles. The number of rotatable bonds is 30. The van der Waals surface area contributed by atoms with Crippen molar-refractivity contribution >= 4 is 17.7 Å². The van der Waals surface area contributed by atoms with Crippen molar-refractivity contribution in [1.29, 1.82) is 0 Å². The first kappa shape index (κ1) is 46.7. The molecule has 10 heteroatoms. The Labute approximate surface area is 299 Å². The lowest BCUT2D eigenvalue weighted by atomic mass is 9.98.